The predicted molar refractivity (Wildman–Crippen MR) is 69.0 cm³/mol. The van der Waals surface area contributed by atoms with Crippen molar-refractivity contribution in [2.45, 2.75) is 39.8 Å². The highest BCUT2D eigenvalue weighted by Gasteiger charge is 2.14. The molecule has 0 aliphatic carbocycles. The molecule has 0 aliphatic rings. The third kappa shape index (κ3) is 4.19. The van der Waals surface area contributed by atoms with E-state index >= 15 is 0 Å². The lowest BCUT2D eigenvalue weighted by atomic mass is 10.1. The fraction of sp³-hybridized carbons (Fsp3) is 0.500. The number of esters is 1. The molecular weight excluding hydrogens is 214 g/mol. The van der Waals surface area contributed by atoms with E-state index < -0.39 is 0 Å². The van der Waals surface area contributed by atoms with Crippen LogP contribution in [0.25, 0.3) is 0 Å². The van der Waals surface area contributed by atoms with Crippen molar-refractivity contribution >= 4 is 5.97 Å². The van der Waals surface area contributed by atoms with Crippen LogP contribution in [-0.4, -0.2) is 18.7 Å². The number of nitrogens with one attached hydrogen (secondary N) is 1. The molecule has 1 atom stereocenters. The zero-order chi connectivity index (χ0) is 12.7. The van der Waals surface area contributed by atoms with Gasteiger partial charge in [-0.2, -0.15) is 0 Å². The normalized spacial score (nSPS) is 12.2. The highest BCUT2D eigenvalue weighted by atomic mass is 16.6. The molecule has 94 valence electrons. The number of benzene rings is 1. The van der Waals surface area contributed by atoms with Crippen LogP contribution in [0.5, 0.6) is 0 Å². The van der Waals surface area contributed by atoms with E-state index in [1.54, 1.807) is 6.07 Å². The first-order chi connectivity index (χ1) is 8.19. The smallest absolute Gasteiger partial charge is 0.339 e. The highest BCUT2D eigenvalue weighted by Crippen LogP contribution is 2.10. The van der Waals surface area contributed by atoms with Crippen molar-refractivity contribution in [1.82, 2.24) is 5.32 Å². The molecule has 1 aromatic rings. The lowest BCUT2D eigenvalue weighted by Crippen LogP contribution is -2.33. The van der Waals surface area contributed by atoms with Gasteiger partial charge in [-0.15, -0.1) is 0 Å². The average Bonchev–Trinajstić information content (AvgIpc) is 2.34. The van der Waals surface area contributed by atoms with Crippen molar-refractivity contribution in [1.29, 1.82) is 0 Å². The van der Waals surface area contributed by atoms with Crippen LogP contribution in [0.4, 0.5) is 0 Å². The van der Waals surface area contributed by atoms with E-state index in [-0.39, 0.29) is 12.2 Å². The zero-order valence-electron chi connectivity index (χ0n) is 10.8. The monoisotopic (exact) mass is 235 g/mol. The molecule has 0 amide bonds. The van der Waals surface area contributed by atoms with Gasteiger partial charge in [0.25, 0.3) is 0 Å². The molecule has 0 fully saturated rings. The van der Waals surface area contributed by atoms with Crippen LogP contribution < -0.4 is 5.32 Å². The minimum Gasteiger partial charge on any atom is -0.443 e. The number of ether oxygens (including phenoxy) is 1. The lowest BCUT2D eigenvalue weighted by Gasteiger charge is -2.17. The van der Waals surface area contributed by atoms with Crippen molar-refractivity contribution in [3.63, 3.8) is 0 Å². The maximum absolute atomic E-state index is 11.9. The highest BCUT2D eigenvalue weighted by molar-refractivity contribution is 5.91. The van der Waals surface area contributed by atoms with Gasteiger partial charge in [0.1, 0.15) is 0 Å². The van der Waals surface area contributed by atoms with Crippen LogP contribution >= 0.6 is 0 Å². The summed E-state index contributed by atoms with van der Waals surface area (Å²) in [6.45, 7) is 6.86. The third-order valence-electron chi connectivity index (χ3n) is 2.61. The molecule has 0 saturated heterocycles. The SMILES string of the molecule is CCCNC(CC)OC(=O)c1ccccc1C. The second-order valence-electron chi connectivity index (χ2n) is 4.07. The van der Waals surface area contributed by atoms with Gasteiger partial charge in [0, 0.05) is 0 Å². The van der Waals surface area contributed by atoms with Gasteiger partial charge in [-0.05, 0) is 37.9 Å². The summed E-state index contributed by atoms with van der Waals surface area (Å²) in [5, 5.41) is 3.20. The predicted octanol–water partition coefficient (Wildman–Crippen LogP) is 2.89. The van der Waals surface area contributed by atoms with E-state index in [0.717, 1.165) is 24.9 Å². The Bertz CT molecular complexity index is 363. The minimum atomic E-state index is -0.251. The van der Waals surface area contributed by atoms with Gasteiger partial charge in [-0.1, -0.05) is 32.0 Å². The Morgan fingerprint density at radius 1 is 1.35 bits per heavy atom. The van der Waals surface area contributed by atoms with Gasteiger partial charge in [0.2, 0.25) is 0 Å². The summed E-state index contributed by atoms with van der Waals surface area (Å²) in [6.07, 6.45) is 1.61. The molecule has 17 heavy (non-hydrogen) atoms. The Balaban J connectivity index is 2.61. The molecule has 1 rings (SSSR count). The first kappa shape index (κ1) is 13.7. The van der Waals surface area contributed by atoms with Crippen LogP contribution in [0.1, 0.15) is 42.6 Å². The second kappa shape index (κ2) is 7.07. The van der Waals surface area contributed by atoms with E-state index in [1.807, 2.05) is 32.0 Å². The van der Waals surface area contributed by atoms with Crippen LogP contribution in [-0.2, 0) is 4.74 Å². The van der Waals surface area contributed by atoms with Crippen molar-refractivity contribution in [3.05, 3.63) is 35.4 Å². The molecule has 0 saturated carbocycles. The van der Waals surface area contributed by atoms with Gasteiger partial charge < -0.3 is 4.74 Å². The molecule has 3 nitrogen and oxygen atoms in total. The molecule has 0 spiro atoms. The molecule has 1 N–H and O–H groups in total. The molecular formula is C14H21NO2. The van der Waals surface area contributed by atoms with Gasteiger partial charge >= 0.3 is 5.97 Å². The second-order valence-corrected chi connectivity index (χ2v) is 4.07. The fourth-order valence-electron chi connectivity index (χ4n) is 1.57. The van der Waals surface area contributed by atoms with Crippen molar-refractivity contribution in [3.8, 4) is 0 Å². The van der Waals surface area contributed by atoms with E-state index in [1.165, 1.54) is 0 Å². The van der Waals surface area contributed by atoms with E-state index in [0.29, 0.717) is 5.56 Å². The topological polar surface area (TPSA) is 38.3 Å². The molecule has 3 heteroatoms. The molecule has 0 bridgehead atoms. The Labute approximate surface area is 103 Å². The van der Waals surface area contributed by atoms with Crippen molar-refractivity contribution < 1.29 is 9.53 Å². The quantitative estimate of drug-likeness (QED) is 0.608. The van der Waals surface area contributed by atoms with E-state index in [4.69, 9.17) is 4.74 Å². The summed E-state index contributed by atoms with van der Waals surface area (Å²) < 4.78 is 5.42. The number of hydrogen-bond donors (Lipinski definition) is 1. The summed E-state index contributed by atoms with van der Waals surface area (Å²) in [6, 6.07) is 7.48. The molecule has 1 unspecified atom stereocenters. The third-order valence-corrected chi connectivity index (χ3v) is 2.61. The van der Waals surface area contributed by atoms with E-state index in [9.17, 15) is 4.79 Å². The first-order valence-corrected chi connectivity index (χ1v) is 6.19. The Morgan fingerprint density at radius 2 is 2.06 bits per heavy atom. The van der Waals surface area contributed by atoms with Crippen molar-refractivity contribution in [2.24, 2.45) is 0 Å². The van der Waals surface area contributed by atoms with Crippen LogP contribution in [0, 0.1) is 6.92 Å². The summed E-state index contributed by atoms with van der Waals surface area (Å²) in [4.78, 5) is 11.9. The molecule has 0 heterocycles. The van der Waals surface area contributed by atoms with Gasteiger partial charge in [-0.3, -0.25) is 5.32 Å². The standard InChI is InChI=1S/C14H21NO2/c1-4-10-15-13(5-2)17-14(16)12-9-7-6-8-11(12)3/h6-9,13,15H,4-5,10H2,1-3H3. The molecule has 0 aliphatic heterocycles. The minimum absolute atomic E-state index is 0.193. The zero-order valence-corrected chi connectivity index (χ0v) is 10.8. The van der Waals surface area contributed by atoms with Gasteiger partial charge in [0.15, 0.2) is 6.23 Å². The fourth-order valence-corrected chi connectivity index (χ4v) is 1.57. The Hall–Kier alpha value is -1.35. The summed E-state index contributed by atoms with van der Waals surface area (Å²) in [7, 11) is 0. The lowest BCUT2D eigenvalue weighted by molar-refractivity contribution is 0.0205. The van der Waals surface area contributed by atoms with Gasteiger partial charge in [0.05, 0.1) is 5.56 Å². The summed E-state index contributed by atoms with van der Waals surface area (Å²) >= 11 is 0. The Kier molecular flexibility index (Phi) is 5.70. The number of aryl methyl sites for hydroxylation is 1. The number of rotatable bonds is 6. The number of carbonyl (C=O) groups is 1. The molecule has 1 aromatic carbocycles. The largest absolute Gasteiger partial charge is 0.443 e. The number of hydrogen-bond acceptors (Lipinski definition) is 3. The maximum Gasteiger partial charge on any atom is 0.339 e. The van der Waals surface area contributed by atoms with Crippen molar-refractivity contribution in [2.75, 3.05) is 6.54 Å². The maximum atomic E-state index is 11.9. The van der Waals surface area contributed by atoms with Crippen LogP contribution in [0.15, 0.2) is 24.3 Å². The van der Waals surface area contributed by atoms with Gasteiger partial charge in [-0.25, -0.2) is 4.79 Å². The summed E-state index contributed by atoms with van der Waals surface area (Å²) in [5.74, 6) is -0.251. The van der Waals surface area contributed by atoms with E-state index in [2.05, 4.69) is 12.2 Å². The molecule has 0 radical (unpaired) electrons. The number of carbonyl (C=O) groups excluding carboxylic acids is 1. The summed E-state index contributed by atoms with van der Waals surface area (Å²) in [5.41, 5.74) is 1.59. The molecule has 0 aromatic heterocycles. The average molecular weight is 235 g/mol. The van der Waals surface area contributed by atoms with Crippen LogP contribution in [0.2, 0.25) is 0 Å². The van der Waals surface area contributed by atoms with Crippen LogP contribution in [0.3, 0.4) is 0 Å². The first-order valence-electron chi connectivity index (χ1n) is 6.19. The Morgan fingerprint density at radius 3 is 2.65 bits per heavy atom.